The SMILES string of the molecule is [2H]c1cc(-c2ccc3nc(C)n(CC(F)F)c3n2)c2c(N)nc(=NC3CCC4(CCO4)CC3)[nH]n12. The second-order valence-corrected chi connectivity index (χ2v) is 9.15. The summed E-state index contributed by atoms with van der Waals surface area (Å²) in [6, 6.07) is 5.23. The van der Waals surface area contributed by atoms with Crippen molar-refractivity contribution in [2.45, 2.75) is 63.6 Å². The molecule has 6 rings (SSSR count). The van der Waals surface area contributed by atoms with Crippen LogP contribution in [0.4, 0.5) is 14.6 Å². The number of alkyl halides is 2. The highest BCUT2D eigenvalue weighted by molar-refractivity contribution is 5.88. The van der Waals surface area contributed by atoms with E-state index in [1.807, 2.05) is 0 Å². The van der Waals surface area contributed by atoms with Crippen LogP contribution in [0.3, 0.4) is 0 Å². The Labute approximate surface area is 195 Å². The van der Waals surface area contributed by atoms with Crippen LogP contribution in [0.15, 0.2) is 29.4 Å². The number of aromatic amines is 1. The summed E-state index contributed by atoms with van der Waals surface area (Å²) in [5, 5.41) is 3.10. The molecule has 1 aliphatic carbocycles. The molecule has 178 valence electrons. The average Bonchev–Trinajstić information content (AvgIpc) is 3.29. The summed E-state index contributed by atoms with van der Waals surface area (Å²) in [5.41, 5.74) is 9.22. The number of ether oxygens (including phenoxy) is 1. The van der Waals surface area contributed by atoms with Crippen molar-refractivity contribution in [2.75, 3.05) is 12.3 Å². The molecule has 1 saturated carbocycles. The van der Waals surface area contributed by atoms with Crippen LogP contribution in [-0.2, 0) is 11.3 Å². The highest BCUT2D eigenvalue weighted by atomic mass is 19.3. The van der Waals surface area contributed by atoms with E-state index in [9.17, 15) is 8.78 Å². The van der Waals surface area contributed by atoms with Crippen molar-refractivity contribution in [3.05, 3.63) is 35.8 Å². The van der Waals surface area contributed by atoms with Gasteiger partial charge in [0, 0.05) is 11.7 Å². The van der Waals surface area contributed by atoms with E-state index in [1.165, 1.54) is 9.08 Å². The van der Waals surface area contributed by atoms with Crippen molar-refractivity contribution >= 4 is 22.5 Å². The maximum absolute atomic E-state index is 13.1. The molecule has 1 spiro atoms. The number of imidazole rings is 1. The number of aromatic nitrogens is 6. The number of fused-ring (bicyclic) bond motifs is 2. The van der Waals surface area contributed by atoms with Gasteiger partial charge < -0.3 is 15.0 Å². The highest BCUT2D eigenvalue weighted by Crippen LogP contribution is 2.41. The number of nitrogens with one attached hydrogen (secondary N) is 1. The Hall–Kier alpha value is -3.34. The van der Waals surface area contributed by atoms with E-state index in [0.29, 0.717) is 39.4 Å². The lowest BCUT2D eigenvalue weighted by Crippen LogP contribution is -2.47. The third-order valence-corrected chi connectivity index (χ3v) is 7.01. The summed E-state index contributed by atoms with van der Waals surface area (Å²) in [7, 11) is 0. The molecule has 2 aliphatic rings. The molecule has 0 radical (unpaired) electrons. The maximum atomic E-state index is 13.1. The van der Waals surface area contributed by atoms with Gasteiger partial charge in [0.25, 0.3) is 6.43 Å². The summed E-state index contributed by atoms with van der Waals surface area (Å²) < 4.78 is 43.4. The van der Waals surface area contributed by atoms with Crippen LogP contribution in [0.25, 0.3) is 27.9 Å². The van der Waals surface area contributed by atoms with Gasteiger partial charge in [0.2, 0.25) is 5.62 Å². The van der Waals surface area contributed by atoms with Gasteiger partial charge >= 0.3 is 0 Å². The molecule has 4 aromatic heterocycles. The normalized spacial score (nSPS) is 23.8. The maximum Gasteiger partial charge on any atom is 0.256 e. The predicted molar refractivity (Wildman–Crippen MR) is 122 cm³/mol. The third kappa shape index (κ3) is 3.54. The zero-order chi connectivity index (χ0) is 24.3. The van der Waals surface area contributed by atoms with Crippen LogP contribution in [0.2, 0.25) is 0 Å². The van der Waals surface area contributed by atoms with Crippen molar-refractivity contribution < 1.29 is 14.9 Å². The summed E-state index contributed by atoms with van der Waals surface area (Å²) >= 11 is 0. The van der Waals surface area contributed by atoms with E-state index in [4.69, 9.17) is 16.8 Å². The van der Waals surface area contributed by atoms with E-state index in [0.717, 1.165) is 38.7 Å². The fourth-order valence-electron chi connectivity index (χ4n) is 5.11. The zero-order valence-corrected chi connectivity index (χ0v) is 18.8. The monoisotopic (exact) mass is 469 g/mol. The van der Waals surface area contributed by atoms with Gasteiger partial charge in [0.05, 0.1) is 31.9 Å². The number of H-pyrrole nitrogens is 1. The molecule has 1 aliphatic heterocycles. The van der Waals surface area contributed by atoms with Gasteiger partial charge in [-0.2, -0.15) is 4.98 Å². The Morgan fingerprint density at radius 2 is 2.06 bits per heavy atom. The van der Waals surface area contributed by atoms with E-state index in [2.05, 4.69) is 20.1 Å². The molecular weight excluding hydrogens is 442 g/mol. The van der Waals surface area contributed by atoms with Crippen LogP contribution in [-0.4, -0.2) is 53.8 Å². The molecule has 5 heterocycles. The topological polar surface area (TPSA) is 111 Å². The van der Waals surface area contributed by atoms with Crippen molar-refractivity contribution in [3.63, 3.8) is 0 Å². The molecule has 3 N–H and O–H groups in total. The molecule has 2 fully saturated rings. The van der Waals surface area contributed by atoms with Crippen molar-refractivity contribution in [1.82, 2.24) is 29.1 Å². The summed E-state index contributed by atoms with van der Waals surface area (Å²) in [5.74, 6) is 0.677. The van der Waals surface area contributed by atoms with Gasteiger partial charge in [0.15, 0.2) is 11.5 Å². The number of halogens is 2. The summed E-state index contributed by atoms with van der Waals surface area (Å²) in [6.07, 6.45) is 2.59. The second-order valence-electron chi connectivity index (χ2n) is 9.15. The molecule has 9 nitrogen and oxygen atoms in total. The average molecular weight is 470 g/mol. The molecule has 0 amide bonds. The predicted octanol–water partition coefficient (Wildman–Crippen LogP) is 3.23. The number of pyridine rings is 1. The number of anilines is 1. The van der Waals surface area contributed by atoms with Gasteiger partial charge in [-0.05, 0) is 57.2 Å². The van der Waals surface area contributed by atoms with Gasteiger partial charge in [0.1, 0.15) is 16.9 Å². The van der Waals surface area contributed by atoms with Gasteiger partial charge in [-0.3, -0.25) is 9.61 Å². The number of aryl methyl sites for hydroxylation is 1. The molecule has 0 bridgehead atoms. The fourth-order valence-corrected chi connectivity index (χ4v) is 5.11. The minimum absolute atomic E-state index is 0.0627. The third-order valence-electron chi connectivity index (χ3n) is 7.01. The van der Waals surface area contributed by atoms with Gasteiger partial charge in [-0.1, -0.05) is 0 Å². The van der Waals surface area contributed by atoms with E-state index >= 15 is 0 Å². The van der Waals surface area contributed by atoms with Crippen molar-refractivity contribution in [1.29, 1.82) is 0 Å². The van der Waals surface area contributed by atoms with Gasteiger partial charge in [-0.25, -0.2) is 23.7 Å². The lowest BCUT2D eigenvalue weighted by Gasteiger charge is -2.46. The molecule has 4 aromatic rings. The number of rotatable bonds is 4. The number of nitrogens with two attached hydrogens (primary N) is 1. The molecule has 0 atom stereocenters. The lowest BCUT2D eigenvalue weighted by atomic mass is 9.77. The number of hydrogen-bond donors (Lipinski definition) is 2. The molecule has 0 aromatic carbocycles. The Morgan fingerprint density at radius 1 is 1.26 bits per heavy atom. The first-order chi connectivity index (χ1) is 16.8. The summed E-state index contributed by atoms with van der Waals surface area (Å²) in [6.45, 7) is 2.03. The Balaban J connectivity index is 1.38. The molecular formula is C23H26F2N8O. The second kappa shape index (κ2) is 7.86. The quantitative estimate of drug-likeness (QED) is 0.477. The Kier molecular flexibility index (Phi) is 4.64. The Morgan fingerprint density at radius 3 is 2.76 bits per heavy atom. The van der Waals surface area contributed by atoms with Crippen LogP contribution in [0.5, 0.6) is 0 Å². The smallest absolute Gasteiger partial charge is 0.256 e. The first kappa shape index (κ1) is 20.1. The summed E-state index contributed by atoms with van der Waals surface area (Å²) in [4.78, 5) is 18.2. The minimum atomic E-state index is -2.53. The Bertz CT molecular complexity index is 1490. The van der Waals surface area contributed by atoms with Gasteiger partial charge in [-0.15, -0.1) is 0 Å². The molecule has 0 unspecified atom stereocenters. The lowest BCUT2D eigenvalue weighted by molar-refractivity contribution is -0.166. The first-order valence-corrected chi connectivity index (χ1v) is 11.5. The molecule has 11 heteroatoms. The number of hydrogen-bond acceptors (Lipinski definition) is 6. The highest BCUT2D eigenvalue weighted by Gasteiger charge is 2.41. The zero-order valence-electron chi connectivity index (χ0n) is 19.8. The first-order valence-electron chi connectivity index (χ1n) is 12.0. The van der Waals surface area contributed by atoms with Crippen LogP contribution in [0, 0.1) is 6.92 Å². The van der Waals surface area contributed by atoms with E-state index < -0.39 is 13.0 Å². The number of nitrogen functional groups attached to an aromatic ring is 1. The van der Waals surface area contributed by atoms with E-state index in [-0.39, 0.29) is 23.6 Å². The van der Waals surface area contributed by atoms with E-state index in [1.54, 1.807) is 25.1 Å². The van der Waals surface area contributed by atoms with Crippen LogP contribution < -0.4 is 11.4 Å². The molecule has 1 saturated heterocycles. The minimum Gasteiger partial charge on any atom is -0.382 e. The standard InChI is InChI=1S/C23H26F2N8O/c1-13-27-17-3-2-16(29-21(17)32(13)12-18(24)25)15-6-10-33-19(15)20(26)30-22(31-33)28-14-4-7-23(8-5-14)9-11-34-23/h2-3,6,10,14,18H,4-5,7-9,11-12H2,1H3,(H3,26,28,30,31)/i10D. The fraction of sp³-hybridized carbons (Fsp3) is 0.478. The van der Waals surface area contributed by atoms with Crippen LogP contribution in [0.1, 0.15) is 39.3 Å². The molecule has 34 heavy (non-hydrogen) atoms. The number of nitrogens with zero attached hydrogens (tertiary/aromatic N) is 6. The van der Waals surface area contributed by atoms with Crippen molar-refractivity contribution in [2.24, 2.45) is 4.99 Å². The largest absolute Gasteiger partial charge is 0.382 e. The van der Waals surface area contributed by atoms with Crippen LogP contribution >= 0.6 is 0 Å². The van der Waals surface area contributed by atoms with Crippen molar-refractivity contribution in [3.8, 4) is 11.3 Å².